The smallest absolute Gasteiger partial charge is 0.350 e. The quantitative estimate of drug-likeness (QED) is 0.504. The normalized spacial score (nSPS) is 10.5. The molecule has 7 nitrogen and oxygen atoms in total. The highest BCUT2D eigenvalue weighted by Crippen LogP contribution is 2.30. The van der Waals surface area contributed by atoms with Crippen molar-refractivity contribution in [3.8, 4) is 11.3 Å². The van der Waals surface area contributed by atoms with E-state index in [2.05, 4.69) is 10.4 Å². The Morgan fingerprint density at radius 3 is 2.54 bits per heavy atom. The van der Waals surface area contributed by atoms with Gasteiger partial charge in [0.25, 0.3) is 5.56 Å². The first-order chi connectivity index (χ1) is 13.5. The van der Waals surface area contributed by atoms with E-state index in [1.165, 1.54) is 30.1 Å². The van der Waals surface area contributed by atoms with Crippen LogP contribution in [0.15, 0.2) is 46.6 Å². The zero-order valence-electron chi connectivity index (χ0n) is 15.7. The van der Waals surface area contributed by atoms with Crippen molar-refractivity contribution in [2.45, 2.75) is 20.4 Å². The van der Waals surface area contributed by atoms with Crippen molar-refractivity contribution in [1.29, 1.82) is 0 Å². The summed E-state index contributed by atoms with van der Waals surface area (Å²) in [6.45, 7) is 3.52. The van der Waals surface area contributed by atoms with E-state index in [4.69, 9.17) is 4.74 Å². The van der Waals surface area contributed by atoms with Crippen molar-refractivity contribution in [3.63, 3.8) is 0 Å². The van der Waals surface area contributed by atoms with E-state index >= 15 is 0 Å². The van der Waals surface area contributed by atoms with Crippen LogP contribution < -0.4 is 10.9 Å². The molecule has 0 saturated heterocycles. The highest BCUT2D eigenvalue weighted by atomic mass is 32.1. The van der Waals surface area contributed by atoms with Gasteiger partial charge in [0, 0.05) is 12.1 Å². The van der Waals surface area contributed by atoms with Gasteiger partial charge in [0.05, 0.1) is 18.4 Å². The molecule has 28 heavy (non-hydrogen) atoms. The van der Waals surface area contributed by atoms with Crippen molar-refractivity contribution in [3.05, 3.63) is 62.6 Å². The first-order valence-corrected chi connectivity index (χ1v) is 9.50. The number of ether oxygens (including phenoxy) is 1. The lowest BCUT2D eigenvalue weighted by atomic mass is 10.0. The molecule has 0 saturated carbocycles. The third-order valence-corrected chi connectivity index (χ3v) is 5.04. The molecule has 0 unspecified atom stereocenters. The summed E-state index contributed by atoms with van der Waals surface area (Å²) in [5.74, 6) is -0.820. The second-order valence-corrected chi connectivity index (χ2v) is 6.84. The molecule has 2 aromatic heterocycles. The van der Waals surface area contributed by atoms with Crippen LogP contribution in [-0.2, 0) is 11.3 Å². The van der Waals surface area contributed by atoms with E-state index in [0.717, 1.165) is 5.56 Å². The van der Waals surface area contributed by atoms with E-state index in [-0.39, 0.29) is 17.0 Å². The zero-order valence-corrected chi connectivity index (χ0v) is 16.5. The lowest BCUT2D eigenvalue weighted by Gasteiger charge is -2.16. The molecule has 0 aliphatic heterocycles. The van der Waals surface area contributed by atoms with E-state index in [9.17, 15) is 14.4 Å². The fraction of sp³-hybridized carbons (Fsp3) is 0.200. The number of nitrogens with zero attached hydrogens (tertiary/aromatic N) is 2. The topological polar surface area (TPSA) is 90.3 Å². The standard InChI is InChI=1S/C20H19N3O4S/c1-4-23-19(25)17(21-14-10-11-28-18(14)20(26)27-3)15(12(2)24)16(22-23)13-8-6-5-7-9-13/h5-11,21H,4H2,1-3H3. The number of nitrogens with one attached hydrogen (secondary N) is 1. The molecule has 0 spiro atoms. The number of carbonyl (C=O) groups is 2. The number of hydrogen-bond donors (Lipinski definition) is 1. The van der Waals surface area contributed by atoms with Crippen molar-refractivity contribution in [2.75, 3.05) is 12.4 Å². The highest BCUT2D eigenvalue weighted by molar-refractivity contribution is 7.12. The fourth-order valence-electron chi connectivity index (χ4n) is 2.83. The molecule has 1 N–H and O–H groups in total. The third-order valence-electron chi connectivity index (χ3n) is 4.15. The number of Topliss-reactive ketones (excluding diaryl/α,β-unsaturated/α-hetero) is 1. The molecular weight excluding hydrogens is 378 g/mol. The number of hydrogen-bond acceptors (Lipinski definition) is 7. The Bertz CT molecular complexity index is 1090. The van der Waals surface area contributed by atoms with E-state index in [0.29, 0.717) is 22.8 Å². The fourth-order valence-corrected chi connectivity index (χ4v) is 3.60. The maximum Gasteiger partial charge on any atom is 0.350 e. The Morgan fingerprint density at radius 1 is 1.21 bits per heavy atom. The van der Waals surface area contributed by atoms with Gasteiger partial charge in [0.1, 0.15) is 16.3 Å². The number of benzene rings is 1. The summed E-state index contributed by atoms with van der Waals surface area (Å²) in [4.78, 5) is 37.8. The van der Waals surface area contributed by atoms with Gasteiger partial charge in [-0.25, -0.2) is 9.48 Å². The highest BCUT2D eigenvalue weighted by Gasteiger charge is 2.23. The van der Waals surface area contributed by atoms with Gasteiger partial charge in [-0.15, -0.1) is 11.3 Å². The van der Waals surface area contributed by atoms with Crippen LogP contribution in [0.1, 0.15) is 33.9 Å². The summed E-state index contributed by atoms with van der Waals surface area (Å²) in [6.07, 6.45) is 0. The van der Waals surface area contributed by atoms with E-state index in [1.54, 1.807) is 18.4 Å². The Labute approximate surface area is 165 Å². The summed E-state index contributed by atoms with van der Waals surface area (Å²) >= 11 is 1.19. The molecule has 0 bridgehead atoms. The first-order valence-electron chi connectivity index (χ1n) is 8.62. The summed E-state index contributed by atoms with van der Waals surface area (Å²) < 4.78 is 6.08. The number of anilines is 2. The summed E-state index contributed by atoms with van der Waals surface area (Å²) in [5, 5.41) is 9.09. The predicted octanol–water partition coefficient (Wildman–Crippen LogP) is 3.72. The SMILES string of the molecule is CCn1nc(-c2ccccc2)c(C(C)=O)c(Nc2ccsc2C(=O)OC)c1=O. The van der Waals surface area contributed by atoms with Gasteiger partial charge in [0.15, 0.2) is 5.78 Å². The number of ketones is 1. The number of aromatic nitrogens is 2. The molecule has 1 aromatic carbocycles. The van der Waals surface area contributed by atoms with E-state index in [1.807, 2.05) is 30.3 Å². The lowest BCUT2D eigenvalue weighted by Crippen LogP contribution is -2.28. The van der Waals surface area contributed by atoms with Gasteiger partial charge < -0.3 is 10.1 Å². The van der Waals surface area contributed by atoms with Crippen LogP contribution in [0.2, 0.25) is 0 Å². The van der Waals surface area contributed by atoms with Gasteiger partial charge in [0.2, 0.25) is 0 Å². The second kappa shape index (κ2) is 8.18. The van der Waals surface area contributed by atoms with Crippen LogP contribution in [0, 0.1) is 0 Å². The van der Waals surface area contributed by atoms with Crippen LogP contribution in [0.3, 0.4) is 0 Å². The minimum absolute atomic E-state index is 0.0896. The molecule has 3 rings (SSSR count). The van der Waals surface area contributed by atoms with Crippen molar-refractivity contribution in [2.24, 2.45) is 0 Å². The Morgan fingerprint density at radius 2 is 1.93 bits per heavy atom. The number of rotatable bonds is 6. The summed E-state index contributed by atoms with van der Waals surface area (Å²) in [7, 11) is 1.29. The Kier molecular flexibility index (Phi) is 5.70. The van der Waals surface area contributed by atoms with Gasteiger partial charge in [-0.3, -0.25) is 9.59 Å². The third kappa shape index (κ3) is 3.59. The minimum Gasteiger partial charge on any atom is -0.465 e. The maximum absolute atomic E-state index is 13.0. The largest absolute Gasteiger partial charge is 0.465 e. The molecule has 0 aliphatic carbocycles. The molecule has 0 fully saturated rings. The first kappa shape index (κ1) is 19.5. The summed E-state index contributed by atoms with van der Waals surface area (Å²) in [5.41, 5.74) is 1.37. The molecule has 144 valence electrons. The van der Waals surface area contributed by atoms with Gasteiger partial charge >= 0.3 is 5.97 Å². The molecule has 8 heteroatoms. The van der Waals surface area contributed by atoms with Crippen LogP contribution in [0.5, 0.6) is 0 Å². The minimum atomic E-state index is -0.518. The molecule has 2 heterocycles. The Balaban J connectivity index is 2.26. The molecular formula is C20H19N3O4S. The molecule has 0 radical (unpaired) electrons. The predicted molar refractivity (Wildman–Crippen MR) is 109 cm³/mol. The summed E-state index contributed by atoms with van der Waals surface area (Å²) in [6, 6.07) is 10.9. The number of thiophene rings is 1. The molecule has 3 aromatic rings. The number of methoxy groups -OCH3 is 1. The molecule has 0 atom stereocenters. The Hall–Kier alpha value is -3.26. The lowest BCUT2D eigenvalue weighted by molar-refractivity contribution is 0.0607. The van der Waals surface area contributed by atoms with Crippen molar-refractivity contribution >= 4 is 34.5 Å². The van der Waals surface area contributed by atoms with Gasteiger partial charge in [-0.1, -0.05) is 30.3 Å². The van der Waals surface area contributed by atoms with Gasteiger partial charge in [-0.05, 0) is 25.3 Å². The van der Waals surface area contributed by atoms with Crippen molar-refractivity contribution in [1.82, 2.24) is 9.78 Å². The average Bonchev–Trinajstić information content (AvgIpc) is 3.17. The maximum atomic E-state index is 13.0. The monoisotopic (exact) mass is 397 g/mol. The number of esters is 1. The van der Waals surface area contributed by atoms with Crippen LogP contribution in [0.4, 0.5) is 11.4 Å². The number of aryl methyl sites for hydroxylation is 1. The van der Waals surface area contributed by atoms with Crippen LogP contribution in [0.25, 0.3) is 11.3 Å². The molecule has 0 aliphatic rings. The van der Waals surface area contributed by atoms with Crippen molar-refractivity contribution < 1.29 is 14.3 Å². The van der Waals surface area contributed by atoms with E-state index < -0.39 is 11.5 Å². The zero-order chi connectivity index (χ0) is 20.3. The average molecular weight is 397 g/mol. The van der Waals surface area contributed by atoms with Crippen LogP contribution >= 0.6 is 11.3 Å². The number of carbonyl (C=O) groups excluding carboxylic acids is 2. The second-order valence-electron chi connectivity index (χ2n) is 5.92. The van der Waals surface area contributed by atoms with Gasteiger partial charge in [-0.2, -0.15) is 5.10 Å². The molecule has 0 amide bonds. The van der Waals surface area contributed by atoms with Crippen LogP contribution in [-0.4, -0.2) is 28.6 Å².